The van der Waals surface area contributed by atoms with Gasteiger partial charge in [-0.3, -0.25) is 0 Å². The molecule has 21 heavy (non-hydrogen) atoms. The van der Waals surface area contributed by atoms with E-state index in [1.165, 1.54) is 0 Å². The quantitative estimate of drug-likeness (QED) is 0.434. The summed E-state index contributed by atoms with van der Waals surface area (Å²) in [5.41, 5.74) is 1.38. The summed E-state index contributed by atoms with van der Waals surface area (Å²) in [5, 5.41) is 20.3. The molecule has 0 aliphatic carbocycles. The molecule has 0 saturated heterocycles. The Morgan fingerprint density at radius 1 is 1.19 bits per heavy atom. The molecule has 0 unspecified atom stereocenters. The maximum Gasteiger partial charge on any atom is 0.137 e. The van der Waals surface area contributed by atoms with Crippen molar-refractivity contribution in [2.45, 2.75) is 0 Å². The predicted molar refractivity (Wildman–Crippen MR) is 93.5 cm³/mol. The van der Waals surface area contributed by atoms with Crippen molar-refractivity contribution in [3.05, 3.63) is 60.4 Å². The number of phenolic OH excluding ortho intramolecular Hbond substituents is 1. The van der Waals surface area contributed by atoms with Gasteiger partial charge in [-0.15, -0.1) is 0 Å². The molecule has 0 aromatic heterocycles. The topological polar surface area (TPSA) is 44.0 Å². The first-order chi connectivity index (χ1) is 9.92. The van der Waals surface area contributed by atoms with Crippen LogP contribution >= 0.6 is 55.1 Å². The molecule has 0 spiro atoms. The van der Waals surface area contributed by atoms with Gasteiger partial charge in [0, 0.05) is 20.6 Å². The van der Waals surface area contributed by atoms with Crippen molar-refractivity contribution in [3.8, 4) is 11.8 Å². The molecule has 0 aliphatic heterocycles. The van der Waals surface area contributed by atoms with Crippen LogP contribution in [0.1, 0.15) is 11.1 Å². The number of benzene rings is 2. The van der Waals surface area contributed by atoms with Crippen molar-refractivity contribution in [2.24, 2.45) is 0 Å². The zero-order valence-corrected chi connectivity index (χ0v) is 15.1. The summed E-state index contributed by atoms with van der Waals surface area (Å²) in [6.45, 7) is 0. The maximum atomic E-state index is 10.1. The lowest BCUT2D eigenvalue weighted by molar-refractivity contribution is 0.470. The van der Waals surface area contributed by atoms with Gasteiger partial charge in [-0.05, 0) is 46.3 Å². The number of aromatic hydroxyl groups is 1. The van der Waals surface area contributed by atoms with Gasteiger partial charge in [-0.25, -0.2) is 0 Å². The summed E-state index contributed by atoms with van der Waals surface area (Å²) < 4.78 is 1.31. The first-order valence-corrected chi connectivity index (χ1v) is 8.02. The van der Waals surface area contributed by atoms with Crippen LogP contribution in [-0.4, -0.2) is 5.11 Å². The van der Waals surface area contributed by atoms with Gasteiger partial charge < -0.3 is 5.11 Å². The minimum atomic E-state index is 0.0519. The Morgan fingerprint density at radius 3 is 2.52 bits per heavy atom. The molecule has 2 nitrogen and oxygen atoms in total. The Balaban J connectivity index is 2.59. The molecule has 0 amide bonds. The smallest absolute Gasteiger partial charge is 0.137 e. The van der Waals surface area contributed by atoms with E-state index in [9.17, 15) is 10.4 Å². The molecule has 0 radical (unpaired) electrons. The van der Waals surface area contributed by atoms with E-state index in [-0.39, 0.29) is 5.75 Å². The van der Waals surface area contributed by atoms with Gasteiger partial charge >= 0.3 is 0 Å². The summed E-state index contributed by atoms with van der Waals surface area (Å²) >= 11 is 18.6. The van der Waals surface area contributed by atoms with Crippen molar-refractivity contribution in [2.75, 3.05) is 0 Å². The van der Waals surface area contributed by atoms with E-state index in [2.05, 4.69) is 37.9 Å². The van der Waals surface area contributed by atoms with Crippen molar-refractivity contribution in [1.29, 1.82) is 5.26 Å². The third kappa shape index (κ3) is 3.81. The van der Waals surface area contributed by atoms with Gasteiger partial charge in [0.25, 0.3) is 0 Å². The highest BCUT2D eigenvalue weighted by molar-refractivity contribution is 9.11. The molecule has 0 fully saturated rings. The van der Waals surface area contributed by atoms with Gasteiger partial charge in [0.1, 0.15) is 5.75 Å². The Kier molecular flexibility index (Phi) is 5.34. The van der Waals surface area contributed by atoms with Crippen LogP contribution in [0.5, 0.6) is 5.75 Å². The molecule has 2 rings (SSSR count). The fourth-order valence-corrected chi connectivity index (χ4v) is 3.50. The molecule has 0 atom stereocenters. The number of phenols is 1. The normalized spacial score (nSPS) is 11.3. The van der Waals surface area contributed by atoms with Crippen molar-refractivity contribution in [1.82, 2.24) is 0 Å². The monoisotopic (exact) mass is 445 g/mol. The number of rotatable bonds is 2. The molecule has 0 heterocycles. The number of allylic oxidation sites excluding steroid dienone is 1. The Labute approximate surface area is 148 Å². The second-order valence-corrected chi connectivity index (χ2v) is 6.73. The average molecular weight is 448 g/mol. The molecule has 0 saturated carbocycles. The summed E-state index contributed by atoms with van der Waals surface area (Å²) in [6, 6.07) is 10.4. The zero-order valence-electron chi connectivity index (χ0n) is 10.4. The van der Waals surface area contributed by atoms with Crippen LogP contribution in [0.25, 0.3) is 11.6 Å². The summed E-state index contributed by atoms with van der Waals surface area (Å²) in [5.74, 6) is 0.0519. The minimum Gasteiger partial charge on any atom is -0.506 e. The highest BCUT2D eigenvalue weighted by atomic mass is 79.9. The van der Waals surface area contributed by atoms with E-state index in [1.54, 1.807) is 36.4 Å². The lowest BCUT2D eigenvalue weighted by Gasteiger charge is -2.06. The second-order valence-electron chi connectivity index (χ2n) is 4.12. The number of halogens is 4. The van der Waals surface area contributed by atoms with Gasteiger partial charge in [0.2, 0.25) is 0 Å². The zero-order chi connectivity index (χ0) is 15.6. The van der Waals surface area contributed by atoms with Crippen LogP contribution in [0, 0.1) is 11.3 Å². The van der Waals surface area contributed by atoms with Crippen molar-refractivity contribution in [3.63, 3.8) is 0 Å². The van der Waals surface area contributed by atoms with E-state index in [0.29, 0.717) is 31.2 Å². The van der Waals surface area contributed by atoms with Gasteiger partial charge in [0.15, 0.2) is 0 Å². The van der Waals surface area contributed by atoms with E-state index >= 15 is 0 Å². The molecule has 0 bridgehead atoms. The SMILES string of the molecule is N#C/C(=C\c1cc(Br)cc(Br)c1O)c1ccc(Cl)cc1Cl. The van der Waals surface area contributed by atoms with E-state index in [4.69, 9.17) is 23.2 Å². The lowest BCUT2D eigenvalue weighted by Crippen LogP contribution is -1.85. The Bertz CT molecular complexity index is 782. The number of hydrogen-bond donors (Lipinski definition) is 1. The molecule has 2 aromatic rings. The number of nitriles is 1. The molecule has 106 valence electrons. The third-order valence-electron chi connectivity index (χ3n) is 2.70. The molecular weight excluding hydrogens is 441 g/mol. The summed E-state index contributed by atoms with van der Waals surface area (Å²) in [4.78, 5) is 0. The Hall–Kier alpha value is -0.990. The predicted octanol–water partition coefficient (Wildman–Crippen LogP) is 6.29. The van der Waals surface area contributed by atoms with E-state index in [0.717, 1.165) is 4.47 Å². The van der Waals surface area contributed by atoms with E-state index < -0.39 is 0 Å². The summed E-state index contributed by atoms with van der Waals surface area (Å²) in [7, 11) is 0. The van der Waals surface area contributed by atoms with Crippen LogP contribution < -0.4 is 0 Å². The standard InChI is InChI=1S/C15H7Br2Cl2NO/c16-10-4-8(15(21)13(17)5-10)3-9(7-20)12-2-1-11(18)6-14(12)19/h1-6,21H/b9-3+. The highest BCUT2D eigenvalue weighted by Gasteiger charge is 2.10. The molecule has 6 heteroatoms. The highest BCUT2D eigenvalue weighted by Crippen LogP contribution is 2.35. The molecule has 0 aliphatic rings. The average Bonchev–Trinajstić information content (AvgIpc) is 2.42. The van der Waals surface area contributed by atoms with E-state index in [1.807, 2.05) is 0 Å². The summed E-state index contributed by atoms with van der Waals surface area (Å²) in [6.07, 6.45) is 1.57. The first-order valence-electron chi connectivity index (χ1n) is 5.67. The second kappa shape index (κ2) is 6.85. The fraction of sp³-hybridized carbons (Fsp3) is 0. The van der Waals surface area contributed by atoms with Crippen LogP contribution in [-0.2, 0) is 0 Å². The maximum absolute atomic E-state index is 10.1. The molecular formula is C15H7Br2Cl2NO. The molecule has 2 aromatic carbocycles. The fourth-order valence-electron chi connectivity index (χ4n) is 1.73. The van der Waals surface area contributed by atoms with Gasteiger partial charge in [0.05, 0.1) is 21.1 Å². The number of nitrogens with zero attached hydrogens (tertiary/aromatic N) is 1. The largest absolute Gasteiger partial charge is 0.506 e. The van der Waals surface area contributed by atoms with Crippen molar-refractivity contribution >= 4 is 66.7 Å². The lowest BCUT2D eigenvalue weighted by atomic mass is 10.0. The first kappa shape index (κ1) is 16.4. The van der Waals surface area contributed by atoms with Crippen LogP contribution in [0.15, 0.2) is 39.3 Å². The molecule has 1 N–H and O–H groups in total. The Morgan fingerprint density at radius 2 is 1.90 bits per heavy atom. The van der Waals surface area contributed by atoms with Gasteiger partial charge in [-0.2, -0.15) is 5.26 Å². The third-order valence-corrected chi connectivity index (χ3v) is 4.31. The van der Waals surface area contributed by atoms with Crippen LogP contribution in [0.4, 0.5) is 0 Å². The minimum absolute atomic E-state index is 0.0519. The van der Waals surface area contributed by atoms with Crippen LogP contribution in [0.3, 0.4) is 0 Å². The van der Waals surface area contributed by atoms with Crippen LogP contribution in [0.2, 0.25) is 10.0 Å². The van der Waals surface area contributed by atoms with Gasteiger partial charge in [-0.1, -0.05) is 45.2 Å². The van der Waals surface area contributed by atoms with Crippen molar-refractivity contribution < 1.29 is 5.11 Å². The number of hydrogen-bond acceptors (Lipinski definition) is 2.